The summed E-state index contributed by atoms with van der Waals surface area (Å²) in [6, 6.07) is 3.66. The number of halogens is 3. The molecule has 1 saturated carbocycles. The second-order valence-electron chi connectivity index (χ2n) is 6.12. The average molecular weight is 300 g/mol. The highest BCUT2D eigenvalue weighted by Gasteiger charge is 2.31. The molecule has 2 rings (SSSR count). The van der Waals surface area contributed by atoms with Gasteiger partial charge in [-0.3, -0.25) is 0 Å². The van der Waals surface area contributed by atoms with Gasteiger partial charge in [-0.25, -0.2) is 0 Å². The normalized spacial score (nSPS) is 19.9. The zero-order chi connectivity index (χ0) is 15.5. The quantitative estimate of drug-likeness (QED) is 0.774. The van der Waals surface area contributed by atoms with Crippen LogP contribution in [0.5, 0.6) is 0 Å². The van der Waals surface area contributed by atoms with Crippen LogP contribution in [0.25, 0.3) is 0 Å². The third kappa shape index (κ3) is 4.22. The lowest BCUT2D eigenvalue weighted by atomic mass is 9.83. The van der Waals surface area contributed by atoms with E-state index < -0.39 is 17.8 Å². The molecule has 0 radical (unpaired) electrons. The van der Waals surface area contributed by atoms with Crippen LogP contribution in [0.3, 0.4) is 0 Å². The first-order chi connectivity index (χ1) is 9.89. The van der Waals surface area contributed by atoms with Gasteiger partial charge in [-0.15, -0.1) is 0 Å². The third-order valence-electron chi connectivity index (χ3n) is 4.51. The summed E-state index contributed by atoms with van der Waals surface area (Å²) in [6.45, 7) is 1.65. The molecular weight excluding hydrogens is 277 g/mol. The minimum atomic E-state index is -4.32. The number of aryl methyl sites for hydroxylation is 1. The molecule has 21 heavy (non-hydrogen) atoms. The fourth-order valence-electron chi connectivity index (χ4n) is 3.24. The van der Waals surface area contributed by atoms with Crippen LogP contribution < -0.4 is 0 Å². The second kappa shape index (κ2) is 6.82. The van der Waals surface area contributed by atoms with Crippen LogP contribution in [0.4, 0.5) is 13.2 Å². The molecule has 1 aromatic rings. The molecule has 0 heterocycles. The van der Waals surface area contributed by atoms with E-state index in [2.05, 4.69) is 0 Å². The van der Waals surface area contributed by atoms with Crippen LogP contribution in [0.2, 0.25) is 0 Å². The summed E-state index contributed by atoms with van der Waals surface area (Å²) in [5, 5.41) is 10.6. The van der Waals surface area contributed by atoms with E-state index >= 15 is 0 Å². The van der Waals surface area contributed by atoms with Crippen molar-refractivity contribution in [2.24, 2.45) is 5.92 Å². The summed E-state index contributed by atoms with van der Waals surface area (Å²) in [7, 11) is 0. The van der Waals surface area contributed by atoms with Gasteiger partial charge in [0.15, 0.2) is 0 Å². The Morgan fingerprint density at radius 3 is 2.14 bits per heavy atom. The van der Waals surface area contributed by atoms with Crippen LogP contribution in [-0.4, -0.2) is 5.11 Å². The molecule has 1 N–H and O–H groups in total. The lowest BCUT2D eigenvalue weighted by molar-refractivity contribution is -0.137. The summed E-state index contributed by atoms with van der Waals surface area (Å²) >= 11 is 0. The molecule has 1 aliphatic carbocycles. The van der Waals surface area contributed by atoms with Crippen LogP contribution in [0.15, 0.2) is 18.2 Å². The van der Waals surface area contributed by atoms with Gasteiger partial charge in [0.05, 0.1) is 11.7 Å². The van der Waals surface area contributed by atoms with Crippen molar-refractivity contribution in [2.45, 2.75) is 64.1 Å². The molecule has 118 valence electrons. The minimum Gasteiger partial charge on any atom is -0.388 e. The van der Waals surface area contributed by atoms with Crippen molar-refractivity contribution < 1.29 is 18.3 Å². The van der Waals surface area contributed by atoms with E-state index in [4.69, 9.17) is 0 Å². The van der Waals surface area contributed by atoms with Gasteiger partial charge in [0.1, 0.15) is 0 Å². The highest BCUT2D eigenvalue weighted by Crippen LogP contribution is 2.36. The average Bonchev–Trinajstić information content (AvgIpc) is 2.36. The van der Waals surface area contributed by atoms with Crippen LogP contribution >= 0.6 is 0 Å². The second-order valence-corrected chi connectivity index (χ2v) is 6.12. The van der Waals surface area contributed by atoms with E-state index in [0.29, 0.717) is 11.1 Å². The van der Waals surface area contributed by atoms with Crippen molar-refractivity contribution in [3.05, 3.63) is 34.9 Å². The van der Waals surface area contributed by atoms with E-state index in [1.54, 1.807) is 6.92 Å². The van der Waals surface area contributed by atoms with Crippen LogP contribution in [-0.2, 0) is 6.18 Å². The Kier molecular flexibility index (Phi) is 5.31. The van der Waals surface area contributed by atoms with Gasteiger partial charge in [-0.2, -0.15) is 13.2 Å². The zero-order valence-electron chi connectivity index (χ0n) is 12.4. The predicted molar refractivity (Wildman–Crippen MR) is 76.9 cm³/mol. The Labute approximate surface area is 124 Å². The monoisotopic (exact) mass is 300 g/mol. The van der Waals surface area contributed by atoms with Crippen LogP contribution in [0, 0.1) is 12.8 Å². The first-order valence-corrected chi connectivity index (χ1v) is 7.75. The molecule has 0 amide bonds. The summed E-state index contributed by atoms with van der Waals surface area (Å²) in [5.74, 6) is 0.167. The summed E-state index contributed by atoms with van der Waals surface area (Å²) in [4.78, 5) is 0. The molecule has 1 nitrogen and oxygen atoms in total. The van der Waals surface area contributed by atoms with Gasteiger partial charge in [-0.1, -0.05) is 38.2 Å². The summed E-state index contributed by atoms with van der Waals surface area (Å²) < 4.78 is 38.1. The predicted octanol–water partition coefficient (Wildman–Crippen LogP) is 5.41. The molecule has 1 atom stereocenters. The van der Waals surface area contributed by atoms with Crippen molar-refractivity contribution in [1.29, 1.82) is 0 Å². The first kappa shape index (κ1) is 16.3. The van der Waals surface area contributed by atoms with E-state index in [1.807, 2.05) is 0 Å². The minimum absolute atomic E-state index is 0.167. The lowest BCUT2D eigenvalue weighted by Crippen LogP contribution is -2.16. The molecule has 4 heteroatoms. The summed E-state index contributed by atoms with van der Waals surface area (Å²) in [5.41, 5.74) is 0.529. The van der Waals surface area contributed by atoms with Gasteiger partial charge in [-0.05, 0) is 48.9 Å². The maximum atomic E-state index is 12.7. The van der Waals surface area contributed by atoms with Gasteiger partial charge >= 0.3 is 6.18 Å². The molecule has 1 aliphatic rings. The SMILES string of the molecule is Cc1cc(C(F)(F)F)ccc1C(O)C1CCCCCCC1. The number of alkyl halides is 3. The number of hydrogen-bond donors (Lipinski definition) is 1. The Hall–Kier alpha value is -1.03. The summed E-state index contributed by atoms with van der Waals surface area (Å²) in [6.07, 6.45) is 2.78. The smallest absolute Gasteiger partial charge is 0.388 e. The Balaban J connectivity index is 2.16. The van der Waals surface area contributed by atoms with Crippen molar-refractivity contribution in [3.63, 3.8) is 0 Å². The number of aliphatic hydroxyl groups excluding tert-OH is 1. The highest BCUT2D eigenvalue weighted by atomic mass is 19.4. The number of rotatable bonds is 2. The molecule has 0 spiro atoms. The van der Waals surface area contributed by atoms with Gasteiger partial charge < -0.3 is 5.11 Å². The van der Waals surface area contributed by atoms with Crippen molar-refractivity contribution in [2.75, 3.05) is 0 Å². The molecule has 1 unspecified atom stereocenters. The first-order valence-electron chi connectivity index (χ1n) is 7.75. The molecule has 0 bridgehead atoms. The zero-order valence-corrected chi connectivity index (χ0v) is 12.4. The maximum Gasteiger partial charge on any atom is 0.416 e. The lowest BCUT2D eigenvalue weighted by Gasteiger charge is -2.26. The highest BCUT2D eigenvalue weighted by molar-refractivity contribution is 5.34. The number of aliphatic hydroxyl groups is 1. The van der Waals surface area contributed by atoms with Crippen molar-refractivity contribution in [3.8, 4) is 0 Å². The van der Waals surface area contributed by atoms with Crippen LogP contribution in [0.1, 0.15) is 67.7 Å². The molecule has 0 saturated heterocycles. The van der Waals surface area contributed by atoms with E-state index in [-0.39, 0.29) is 5.92 Å². The van der Waals surface area contributed by atoms with E-state index in [1.165, 1.54) is 25.3 Å². The van der Waals surface area contributed by atoms with E-state index in [0.717, 1.165) is 37.8 Å². The van der Waals surface area contributed by atoms with Crippen molar-refractivity contribution in [1.82, 2.24) is 0 Å². The van der Waals surface area contributed by atoms with Crippen molar-refractivity contribution >= 4 is 0 Å². The topological polar surface area (TPSA) is 20.2 Å². The largest absolute Gasteiger partial charge is 0.416 e. The molecule has 0 aliphatic heterocycles. The number of hydrogen-bond acceptors (Lipinski definition) is 1. The van der Waals surface area contributed by atoms with Gasteiger partial charge in [0, 0.05) is 0 Å². The molecule has 0 aromatic heterocycles. The van der Waals surface area contributed by atoms with Gasteiger partial charge in [0.25, 0.3) is 0 Å². The molecule has 1 fully saturated rings. The maximum absolute atomic E-state index is 12.7. The Morgan fingerprint density at radius 1 is 1.05 bits per heavy atom. The number of benzene rings is 1. The molecule has 1 aromatic carbocycles. The van der Waals surface area contributed by atoms with Gasteiger partial charge in [0.2, 0.25) is 0 Å². The molecular formula is C17H23F3O. The Morgan fingerprint density at radius 2 is 1.62 bits per heavy atom. The third-order valence-corrected chi connectivity index (χ3v) is 4.51. The fraction of sp³-hybridized carbons (Fsp3) is 0.647. The fourth-order valence-corrected chi connectivity index (χ4v) is 3.24. The Bertz CT molecular complexity index is 460. The standard InChI is InChI=1S/C17H23F3O/c1-12-11-14(17(18,19)20)9-10-15(12)16(21)13-7-5-3-2-4-6-8-13/h9-11,13,16,21H,2-8H2,1H3. The van der Waals surface area contributed by atoms with E-state index in [9.17, 15) is 18.3 Å².